The molecule has 1 N–H and O–H groups in total. The van der Waals surface area contributed by atoms with Gasteiger partial charge in [0.1, 0.15) is 5.76 Å². The summed E-state index contributed by atoms with van der Waals surface area (Å²) in [7, 11) is 0. The highest BCUT2D eigenvalue weighted by Gasteiger charge is 2.12. The van der Waals surface area contributed by atoms with Gasteiger partial charge in [-0.15, -0.1) is 10.2 Å². The van der Waals surface area contributed by atoms with Crippen molar-refractivity contribution in [2.75, 3.05) is 11.1 Å². The summed E-state index contributed by atoms with van der Waals surface area (Å²) < 4.78 is 10.5. The van der Waals surface area contributed by atoms with Gasteiger partial charge in [-0.1, -0.05) is 36.0 Å². The molecule has 2 aromatic heterocycles. The van der Waals surface area contributed by atoms with E-state index in [9.17, 15) is 4.79 Å². The fourth-order valence-corrected chi connectivity index (χ4v) is 2.56. The topological polar surface area (TPSA) is 94.1 Å². The number of aryl methyl sites for hydroxylation is 2. The third kappa shape index (κ3) is 4.02. The zero-order valence-electron chi connectivity index (χ0n) is 13.3. The zero-order valence-corrected chi connectivity index (χ0v) is 14.1. The molecule has 0 bridgehead atoms. The predicted molar refractivity (Wildman–Crippen MR) is 89.7 cm³/mol. The first-order valence-corrected chi connectivity index (χ1v) is 8.41. The van der Waals surface area contributed by atoms with Gasteiger partial charge < -0.3 is 14.3 Å². The first kappa shape index (κ1) is 16.3. The lowest BCUT2D eigenvalue weighted by Gasteiger charge is -1.99. The Morgan fingerprint density at radius 1 is 1.25 bits per heavy atom. The molecule has 0 fully saturated rings. The Balaban J connectivity index is 1.56. The molecule has 0 aliphatic heterocycles. The summed E-state index contributed by atoms with van der Waals surface area (Å²) in [6.07, 6.45) is 0.978. The number of thioether (sulfide) groups is 1. The predicted octanol–water partition coefficient (Wildman–Crippen LogP) is 3.33. The van der Waals surface area contributed by atoms with Crippen LogP contribution >= 0.6 is 11.8 Å². The monoisotopic (exact) mass is 344 g/mol. The molecule has 0 saturated heterocycles. The number of hydrogen-bond donors (Lipinski definition) is 1. The number of aromatic nitrogens is 3. The van der Waals surface area contributed by atoms with Gasteiger partial charge in [0, 0.05) is 11.6 Å². The normalized spacial score (nSPS) is 10.8. The van der Waals surface area contributed by atoms with Gasteiger partial charge in [-0.05, 0) is 31.0 Å². The van der Waals surface area contributed by atoms with Gasteiger partial charge in [-0.2, -0.15) is 0 Å². The third-order valence-electron chi connectivity index (χ3n) is 3.24. The number of nitrogens with one attached hydrogen (secondary N) is 1. The van der Waals surface area contributed by atoms with Gasteiger partial charge in [-0.3, -0.25) is 4.79 Å². The first-order valence-electron chi connectivity index (χ1n) is 7.43. The van der Waals surface area contributed by atoms with E-state index in [1.807, 2.05) is 24.3 Å². The maximum Gasteiger partial charge on any atom is 0.277 e. The van der Waals surface area contributed by atoms with Gasteiger partial charge in [-0.25, -0.2) is 0 Å². The van der Waals surface area contributed by atoms with Crippen molar-refractivity contribution in [2.45, 2.75) is 25.5 Å². The highest BCUT2D eigenvalue weighted by Crippen LogP contribution is 2.23. The Hall–Kier alpha value is -2.61. The molecule has 3 rings (SSSR count). The van der Waals surface area contributed by atoms with Crippen LogP contribution in [0.1, 0.15) is 18.2 Å². The van der Waals surface area contributed by atoms with E-state index < -0.39 is 0 Å². The molecule has 0 spiro atoms. The van der Waals surface area contributed by atoms with Crippen molar-refractivity contribution in [1.29, 1.82) is 0 Å². The van der Waals surface area contributed by atoms with Crippen LogP contribution in [0.15, 0.2) is 44.5 Å². The van der Waals surface area contributed by atoms with Gasteiger partial charge in [0.25, 0.3) is 5.22 Å². The minimum Gasteiger partial charge on any atom is -0.411 e. The van der Waals surface area contributed by atoms with E-state index in [0.717, 1.165) is 12.0 Å². The maximum atomic E-state index is 11.8. The fraction of sp³-hybridized carbons (Fsp3) is 0.250. The maximum absolute atomic E-state index is 11.8. The van der Waals surface area contributed by atoms with Crippen LogP contribution in [0, 0.1) is 6.92 Å². The number of carbonyl (C=O) groups is 1. The summed E-state index contributed by atoms with van der Waals surface area (Å²) in [5.74, 6) is 1.38. The molecule has 0 aliphatic carbocycles. The van der Waals surface area contributed by atoms with E-state index in [1.165, 1.54) is 17.3 Å². The zero-order chi connectivity index (χ0) is 16.9. The number of nitrogens with zero attached hydrogens (tertiary/aromatic N) is 3. The molecule has 0 aliphatic rings. The van der Waals surface area contributed by atoms with Crippen LogP contribution in [0.3, 0.4) is 0 Å². The second-order valence-electron chi connectivity index (χ2n) is 5.08. The SMILES string of the molecule is CCc1ccc(-c2nnc(SCC(=O)Nc3cc(C)on3)o2)cc1. The Bertz CT molecular complexity index is 826. The van der Waals surface area contributed by atoms with Crippen LogP contribution in [-0.2, 0) is 11.2 Å². The van der Waals surface area contributed by atoms with Crippen LogP contribution in [-0.4, -0.2) is 27.0 Å². The Morgan fingerprint density at radius 2 is 2.04 bits per heavy atom. The van der Waals surface area contributed by atoms with Crippen LogP contribution in [0.2, 0.25) is 0 Å². The molecule has 124 valence electrons. The van der Waals surface area contributed by atoms with E-state index in [1.54, 1.807) is 13.0 Å². The molecule has 1 aromatic carbocycles. The van der Waals surface area contributed by atoms with Gasteiger partial charge in [0.15, 0.2) is 5.82 Å². The molecule has 2 heterocycles. The second-order valence-corrected chi connectivity index (χ2v) is 6.01. The van der Waals surface area contributed by atoms with Gasteiger partial charge >= 0.3 is 0 Å². The fourth-order valence-electron chi connectivity index (χ4n) is 2.00. The van der Waals surface area contributed by atoms with E-state index in [0.29, 0.717) is 22.7 Å². The minimum atomic E-state index is -0.222. The Kier molecular flexibility index (Phi) is 4.95. The molecule has 24 heavy (non-hydrogen) atoms. The second kappa shape index (κ2) is 7.31. The lowest BCUT2D eigenvalue weighted by Crippen LogP contribution is -2.14. The average Bonchev–Trinajstić information content (AvgIpc) is 3.22. The molecule has 0 saturated carbocycles. The molecular weight excluding hydrogens is 328 g/mol. The Morgan fingerprint density at radius 3 is 2.71 bits per heavy atom. The molecular formula is C16H16N4O3S. The molecule has 8 heteroatoms. The quantitative estimate of drug-likeness (QED) is 0.685. The van der Waals surface area contributed by atoms with Crippen LogP contribution in [0.4, 0.5) is 5.82 Å². The number of rotatable bonds is 6. The molecule has 3 aromatic rings. The number of carbonyl (C=O) groups excluding carboxylic acids is 1. The number of hydrogen-bond acceptors (Lipinski definition) is 7. The van der Waals surface area contributed by atoms with E-state index in [2.05, 4.69) is 27.6 Å². The van der Waals surface area contributed by atoms with Crippen molar-refractivity contribution >= 4 is 23.5 Å². The number of anilines is 1. The largest absolute Gasteiger partial charge is 0.411 e. The van der Waals surface area contributed by atoms with E-state index >= 15 is 0 Å². The van der Waals surface area contributed by atoms with Crippen molar-refractivity contribution in [3.05, 3.63) is 41.7 Å². The van der Waals surface area contributed by atoms with Crippen LogP contribution in [0.5, 0.6) is 0 Å². The molecule has 0 atom stereocenters. The number of amides is 1. The standard InChI is InChI=1S/C16H16N4O3S/c1-3-11-4-6-12(7-5-11)15-18-19-16(22-15)24-9-14(21)17-13-8-10(2)23-20-13/h4-8H,3,9H2,1-2H3,(H,17,20,21). The Labute approximate surface area is 142 Å². The van der Waals surface area contributed by atoms with Crippen molar-refractivity contribution in [1.82, 2.24) is 15.4 Å². The van der Waals surface area contributed by atoms with Crippen LogP contribution < -0.4 is 5.32 Å². The highest BCUT2D eigenvalue weighted by molar-refractivity contribution is 7.99. The van der Waals surface area contributed by atoms with Crippen molar-refractivity contribution in [2.24, 2.45) is 0 Å². The van der Waals surface area contributed by atoms with Gasteiger partial charge in [0.2, 0.25) is 11.8 Å². The van der Waals surface area contributed by atoms with E-state index in [4.69, 9.17) is 8.94 Å². The molecule has 1 amide bonds. The van der Waals surface area contributed by atoms with Gasteiger partial charge in [0.05, 0.1) is 5.75 Å². The lowest BCUT2D eigenvalue weighted by atomic mass is 10.1. The minimum absolute atomic E-state index is 0.141. The van der Waals surface area contributed by atoms with Crippen molar-refractivity contribution in [3.63, 3.8) is 0 Å². The summed E-state index contributed by atoms with van der Waals surface area (Å²) >= 11 is 1.17. The van der Waals surface area contributed by atoms with Crippen molar-refractivity contribution < 1.29 is 13.7 Å². The number of benzene rings is 1. The molecule has 0 radical (unpaired) electrons. The summed E-state index contributed by atoms with van der Waals surface area (Å²) in [6.45, 7) is 3.85. The summed E-state index contributed by atoms with van der Waals surface area (Å²) in [6, 6.07) is 9.59. The van der Waals surface area contributed by atoms with E-state index in [-0.39, 0.29) is 11.7 Å². The smallest absolute Gasteiger partial charge is 0.277 e. The van der Waals surface area contributed by atoms with Crippen LogP contribution in [0.25, 0.3) is 11.5 Å². The summed E-state index contributed by atoms with van der Waals surface area (Å²) in [4.78, 5) is 11.8. The third-order valence-corrected chi connectivity index (χ3v) is 4.06. The molecule has 7 nitrogen and oxygen atoms in total. The lowest BCUT2D eigenvalue weighted by molar-refractivity contribution is -0.113. The highest BCUT2D eigenvalue weighted by atomic mass is 32.2. The first-order chi connectivity index (χ1) is 11.6. The average molecular weight is 344 g/mol. The summed E-state index contributed by atoms with van der Waals surface area (Å²) in [5.41, 5.74) is 2.10. The summed E-state index contributed by atoms with van der Waals surface area (Å²) in [5, 5.41) is 14.6. The van der Waals surface area contributed by atoms with Crippen molar-refractivity contribution in [3.8, 4) is 11.5 Å². The molecule has 0 unspecified atom stereocenters.